The molecule has 0 bridgehead atoms. The normalized spacial score (nSPS) is 11.6. The van der Waals surface area contributed by atoms with Gasteiger partial charge < -0.3 is 21.5 Å². The molecular formula is C11H15N3O3. The predicted octanol–water partition coefficient (Wildman–Crippen LogP) is 0.142. The Kier molecular flexibility index (Phi) is 3.92. The highest BCUT2D eigenvalue weighted by Gasteiger charge is 2.19. The van der Waals surface area contributed by atoms with Crippen LogP contribution in [0.1, 0.15) is 17.3 Å². The van der Waals surface area contributed by atoms with Gasteiger partial charge in [-0.3, -0.25) is 4.79 Å². The summed E-state index contributed by atoms with van der Waals surface area (Å²) in [6.45, 7) is 1.48. The van der Waals surface area contributed by atoms with Crippen LogP contribution >= 0.6 is 0 Å². The summed E-state index contributed by atoms with van der Waals surface area (Å²) < 4.78 is 4.94. The van der Waals surface area contributed by atoms with Crippen molar-refractivity contribution in [3.63, 3.8) is 0 Å². The largest absolute Gasteiger partial charge is 0.449 e. The van der Waals surface area contributed by atoms with Crippen LogP contribution in [-0.2, 0) is 9.53 Å². The fraction of sp³-hybridized carbons (Fsp3) is 0.273. The van der Waals surface area contributed by atoms with Crippen LogP contribution in [0.5, 0.6) is 0 Å². The SMILES string of the molecule is CNC(=O)C(C)OC(=O)c1ccc(N)cc1N. The number of nitrogens with one attached hydrogen (secondary N) is 1. The number of amides is 1. The Balaban J connectivity index is 2.80. The molecule has 5 N–H and O–H groups in total. The van der Waals surface area contributed by atoms with E-state index in [0.717, 1.165) is 0 Å². The molecule has 0 fully saturated rings. The maximum absolute atomic E-state index is 11.7. The summed E-state index contributed by atoms with van der Waals surface area (Å²) in [5, 5.41) is 2.38. The molecule has 0 heterocycles. The van der Waals surface area contributed by atoms with Gasteiger partial charge in [-0.1, -0.05) is 0 Å². The van der Waals surface area contributed by atoms with E-state index in [0.29, 0.717) is 5.69 Å². The van der Waals surface area contributed by atoms with Crippen molar-refractivity contribution in [2.75, 3.05) is 18.5 Å². The number of nitrogens with two attached hydrogens (primary N) is 2. The van der Waals surface area contributed by atoms with Gasteiger partial charge in [0.05, 0.1) is 5.56 Å². The van der Waals surface area contributed by atoms with Crippen molar-refractivity contribution in [1.82, 2.24) is 5.32 Å². The number of benzene rings is 1. The third-order valence-corrected chi connectivity index (χ3v) is 2.19. The van der Waals surface area contributed by atoms with Crippen LogP contribution in [-0.4, -0.2) is 25.0 Å². The Bertz CT molecular complexity index is 446. The van der Waals surface area contributed by atoms with E-state index in [4.69, 9.17) is 16.2 Å². The number of carbonyl (C=O) groups is 2. The van der Waals surface area contributed by atoms with Crippen LogP contribution in [0.25, 0.3) is 0 Å². The van der Waals surface area contributed by atoms with Gasteiger partial charge in [-0.05, 0) is 25.1 Å². The minimum Gasteiger partial charge on any atom is -0.449 e. The fourth-order valence-corrected chi connectivity index (χ4v) is 1.25. The lowest BCUT2D eigenvalue weighted by Crippen LogP contribution is -2.33. The molecule has 0 aliphatic rings. The molecule has 0 saturated carbocycles. The van der Waals surface area contributed by atoms with Crippen molar-refractivity contribution < 1.29 is 14.3 Å². The number of carbonyl (C=O) groups excluding carboxylic acids is 2. The number of likely N-dealkylation sites (N-methyl/N-ethyl adjacent to an activating group) is 1. The first-order valence-corrected chi connectivity index (χ1v) is 5.03. The molecule has 1 aromatic rings. The molecule has 0 radical (unpaired) electrons. The van der Waals surface area contributed by atoms with Gasteiger partial charge in [0.2, 0.25) is 0 Å². The molecule has 1 aromatic carbocycles. The maximum Gasteiger partial charge on any atom is 0.341 e. The zero-order valence-electron chi connectivity index (χ0n) is 9.69. The molecule has 92 valence electrons. The van der Waals surface area contributed by atoms with E-state index in [2.05, 4.69) is 5.32 Å². The van der Waals surface area contributed by atoms with E-state index in [1.165, 1.54) is 32.2 Å². The van der Waals surface area contributed by atoms with Gasteiger partial charge in [-0.15, -0.1) is 0 Å². The summed E-state index contributed by atoms with van der Waals surface area (Å²) in [6.07, 6.45) is -0.871. The van der Waals surface area contributed by atoms with Crippen molar-refractivity contribution in [3.8, 4) is 0 Å². The zero-order chi connectivity index (χ0) is 13.0. The Hall–Kier alpha value is -2.24. The summed E-state index contributed by atoms with van der Waals surface area (Å²) in [5.74, 6) is -1.04. The molecule has 1 atom stereocenters. The highest BCUT2D eigenvalue weighted by Crippen LogP contribution is 2.17. The Morgan fingerprint density at radius 2 is 2.00 bits per heavy atom. The second-order valence-corrected chi connectivity index (χ2v) is 3.51. The molecule has 6 heteroatoms. The lowest BCUT2D eigenvalue weighted by atomic mass is 10.1. The smallest absolute Gasteiger partial charge is 0.341 e. The van der Waals surface area contributed by atoms with Crippen LogP contribution in [0.4, 0.5) is 11.4 Å². The van der Waals surface area contributed by atoms with Crippen molar-refractivity contribution in [1.29, 1.82) is 0 Å². The van der Waals surface area contributed by atoms with Gasteiger partial charge in [0.1, 0.15) is 0 Å². The summed E-state index contributed by atoms with van der Waals surface area (Å²) >= 11 is 0. The maximum atomic E-state index is 11.7. The molecule has 0 aliphatic carbocycles. The van der Waals surface area contributed by atoms with Gasteiger partial charge in [0.15, 0.2) is 6.10 Å². The van der Waals surface area contributed by atoms with Gasteiger partial charge in [-0.2, -0.15) is 0 Å². The van der Waals surface area contributed by atoms with Crippen molar-refractivity contribution in [3.05, 3.63) is 23.8 Å². The van der Waals surface area contributed by atoms with Crippen molar-refractivity contribution in [2.45, 2.75) is 13.0 Å². The second kappa shape index (κ2) is 5.20. The molecule has 0 spiro atoms. The standard InChI is InChI=1S/C11H15N3O3/c1-6(10(15)14-2)17-11(16)8-4-3-7(12)5-9(8)13/h3-6H,12-13H2,1-2H3,(H,14,15). The minimum absolute atomic E-state index is 0.190. The summed E-state index contributed by atoms with van der Waals surface area (Å²) in [6, 6.07) is 4.46. The van der Waals surface area contributed by atoms with E-state index in [-0.39, 0.29) is 17.2 Å². The van der Waals surface area contributed by atoms with Gasteiger partial charge in [0, 0.05) is 18.4 Å². The van der Waals surface area contributed by atoms with Crippen molar-refractivity contribution >= 4 is 23.3 Å². The molecular weight excluding hydrogens is 222 g/mol. The molecule has 0 aromatic heterocycles. The molecule has 6 nitrogen and oxygen atoms in total. The second-order valence-electron chi connectivity index (χ2n) is 3.51. The first kappa shape index (κ1) is 12.8. The Morgan fingerprint density at radius 1 is 1.35 bits per heavy atom. The van der Waals surface area contributed by atoms with Crippen LogP contribution in [0, 0.1) is 0 Å². The number of hydrogen-bond donors (Lipinski definition) is 3. The van der Waals surface area contributed by atoms with E-state index in [1.54, 1.807) is 0 Å². The third kappa shape index (κ3) is 3.10. The monoisotopic (exact) mass is 237 g/mol. The Labute approximate surface area is 98.9 Å². The Morgan fingerprint density at radius 3 is 2.53 bits per heavy atom. The summed E-state index contributed by atoms with van der Waals surface area (Å²) in [5.41, 5.74) is 12.0. The number of ether oxygens (including phenoxy) is 1. The number of esters is 1. The first-order chi connectivity index (χ1) is 7.95. The van der Waals surface area contributed by atoms with Gasteiger partial charge >= 0.3 is 5.97 Å². The zero-order valence-corrected chi connectivity index (χ0v) is 9.69. The van der Waals surface area contributed by atoms with Crippen LogP contribution in [0.15, 0.2) is 18.2 Å². The average Bonchev–Trinajstić information content (AvgIpc) is 2.27. The lowest BCUT2D eigenvalue weighted by molar-refractivity contribution is -0.128. The first-order valence-electron chi connectivity index (χ1n) is 5.03. The van der Waals surface area contributed by atoms with Gasteiger partial charge in [-0.25, -0.2) is 4.79 Å². The van der Waals surface area contributed by atoms with E-state index >= 15 is 0 Å². The van der Waals surface area contributed by atoms with Crippen LogP contribution in [0.2, 0.25) is 0 Å². The highest BCUT2D eigenvalue weighted by atomic mass is 16.5. The average molecular weight is 237 g/mol. The topological polar surface area (TPSA) is 107 Å². The van der Waals surface area contributed by atoms with E-state index in [1.807, 2.05) is 0 Å². The number of rotatable bonds is 3. The summed E-state index contributed by atoms with van der Waals surface area (Å²) in [4.78, 5) is 22.9. The van der Waals surface area contributed by atoms with E-state index in [9.17, 15) is 9.59 Å². The molecule has 17 heavy (non-hydrogen) atoms. The fourth-order valence-electron chi connectivity index (χ4n) is 1.25. The highest BCUT2D eigenvalue weighted by molar-refractivity contribution is 5.97. The molecule has 1 unspecified atom stereocenters. The van der Waals surface area contributed by atoms with E-state index < -0.39 is 12.1 Å². The number of anilines is 2. The lowest BCUT2D eigenvalue weighted by Gasteiger charge is -2.12. The summed E-state index contributed by atoms with van der Waals surface area (Å²) in [7, 11) is 1.46. The number of hydrogen-bond acceptors (Lipinski definition) is 5. The van der Waals surface area contributed by atoms with Crippen LogP contribution < -0.4 is 16.8 Å². The molecule has 1 amide bonds. The van der Waals surface area contributed by atoms with Gasteiger partial charge in [0.25, 0.3) is 5.91 Å². The van der Waals surface area contributed by atoms with Crippen molar-refractivity contribution in [2.24, 2.45) is 0 Å². The van der Waals surface area contributed by atoms with Crippen LogP contribution in [0.3, 0.4) is 0 Å². The molecule has 1 rings (SSSR count). The predicted molar refractivity (Wildman–Crippen MR) is 64.2 cm³/mol. The molecule has 0 aliphatic heterocycles. The number of nitrogen functional groups attached to an aromatic ring is 2. The minimum atomic E-state index is -0.871. The quantitative estimate of drug-likeness (QED) is 0.512. The third-order valence-electron chi connectivity index (χ3n) is 2.19. The molecule has 0 saturated heterocycles.